The van der Waals surface area contributed by atoms with Gasteiger partial charge in [0, 0.05) is 12.2 Å². The van der Waals surface area contributed by atoms with E-state index in [4.69, 9.17) is 17.0 Å². The molecule has 2 unspecified atom stereocenters. The molecule has 0 aliphatic carbocycles. The van der Waals surface area contributed by atoms with Gasteiger partial charge in [-0.05, 0) is 25.6 Å². The second-order valence-corrected chi connectivity index (χ2v) is 5.68. The number of carbonyl (C=O) groups is 1. The third-order valence-corrected chi connectivity index (χ3v) is 3.21. The number of halogens is 3. The predicted octanol–water partition coefficient (Wildman–Crippen LogP) is 2.89. The lowest BCUT2D eigenvalue weighted by Gasteiger charge is -2.23. The van der Waals surface area contributed by atoms with Gasteiger partial charge in [0.15, 0.2) is 0 Å². The first kappa shape index (κ1) is 17.5. The number of amides is 1. The van der Waals surface area contributed by atoms with Gasteiger partial charge in [0.25, 0.3) is 0 Å². The van der Waals surface area contributed by atoms with E-state index in [0.717, 1.165) is 18.7 Å². The Bertz CT molecular complexity index is 297. The Morgan fingerprint density at radius 3 is 2.44 bits per heavy atom. The maximum atomic E-state index is 12.6. The van der Waals surface area contributed by atoms with Gasteiger partial charge in [-0.2, -0.15) is 13.2 Å². The SMILES string of the molecule is CCOC(=S)SC(C)CC(NC(C)=O)C(F)(F)F. The molecule has 18 heavy (non-hydrogen) atoms. The summed E-state index contributed by atoms with van der Waals surface area (Å²) in [6, 6.07) is -1.86. The van der Waals surface area contributed by atoms with Crippen LogP contribution >= 0.6 is 24.0 Å². The second-order valence-electron chi connectivity index (χ2n) is 3.64. The molecular formula is C10H16F3NO2S2. The smallest absolute Gasteiger partial charge is 0.408 e. The van der Waals surface area contributed by atoms with E-state index in [0.29, 0.717) is 6.61 Å². The minimum absolute atomic E-state index is 0.216. The van der Waals surface area contributed by atoms with E-state index in [1.165, 1.54) is 0 Å². The lowest BCUT2D eigenvalue weighted by Crippen LogP contribution is -2.45. The summed E-state index contributed by atoms with van der Waals surface area (Å²) in [5, 5.41) is 1.49. The average Bonchev–Trinajstić information content (AvgIpc) is 2.14. The summed E-state index contributed by atoms with van der Waals surface area (Å²) < 4.78 is 43.1. The summed E-state index contributed by atoms with van der Waals surface area (Å²) in [6.45, 7) is 4.79. The Balaban J connectivity index is 4.40. The van der Waals surface area contributed by atoms with Crippen LogP contribution in [0.2, 0.25) is 0 Å². The summed E-state index contributed by atoms with van der Waals surface area (Å²) in [7, 11) is 0. The van der Waals surface area contributed by atoms with Crippen LogP contribution in [0.25, 0.3) is 0 Å². The van der Waals surface area contributed by atoms with Gasteiger partial charge in [-0.25, -0.2) is 0 Å². The zero-order valence-corrected chi connectivity index (χ0v) is 12.0. The Kier molecular flexibility index (Phi) is 7.61. The van der Waals surface area contributed by atoms with E-state index in [1.807, 2.05) is 5.32 Å². The highest BCUT2D eigenvalue weighted by Gasteiger charge is 2.41. The van der Waals surface area contributed by atoms with Gasteiger partial charge in [0.1, 0.15) is 6.04 Å². The Hall–Kier alpha value is -0.500. The number of rotatable bonds is 5. The van der Waals surface area contributed by atoms with Gasteiger partial charge >= 0.3 is 6.18 Å². The topological polar surface area (TPSA) is 38.3 Å². The lowest BCUT2D eigenvalue weighted by atomic mass is 10.1. The highest BCUT2D eigenvalue weighted by atomic mass is 32.2. The van der Waals surface area contributed by atoms with Crippen molar-refractivity contribution in [3.8, 4) is 0 Å². The summed E-state index contributed by atoms with van der Waals surface area (Å²) >= 11 is 5.89. The minimum Gasteiger partial charge on any atom is -0.479 e. The number of thiocarbonyl (C=S) groups is 1. The van der Waals surface area contributed by atoms with Gasteiger partial charge in [-0.3, -0.25) is 4.79 Å². The maximum absolute atomic E-state index is 12.6. The molecule has 0 saturated heterocycles. The molecule has 0 aromatic rings. The van der Waals surface area contributed by atoms with Crippen molar-refractivity contribution in [2.24, 2.45) is 0 Å². The van der Waals surface area contributed by atoms with Gasteiger partial charge < -0.3 is 10.1 Å². The highest BCUT2D eigenvalue weighted by Crippen LogP contribution is 2.27. The molecule has 0 radical (unpaired) electrons. The fourth-order valence-corrected chi connectivity index (χ4v) is 2.63. The number of hydrogen-bond acceptors (Lipinski definition) is 4. The molecule has 2 atom stereocenters. The number of nitrogens with one attached hydrogen (secondary N) is 1. The largest absolute Gasteiger partial charge is 0.479 e. The predicted molar refractivity (Wildman–Crippen MR) is 69.6 cm³/mol. The fourth-order valence-electron chi connectivity index (χ4n) is 1.22. The van der Waals surface area contributed by atoms with Crippen molar-refractivity contribution < 1.29 is 22.7 Å². The first-order valence-corrected chi connectivity index (χ1v) is 6.62. The zero-order chi connectivity index (χ0) is 14.3. The van der Waals surface area contributed by atoms with Crippen molar-refractivity contribution >= 4 is 34.3 Å². The Morgan fingerprint density at radius 2 is 2.06 bits per heavy atom. The summed E-state index contributed by atoms with van der Waals surface area (Å²) in [5.74, 6) is -0.707. The summed E-state index contributed by atoms with van der Waals surface area (Å²) in [5.41, 5.74) is 0. The lowest BCUT2D eigenvalue weighted by molar-refractivity contribution is -0.162. The van der Waals surface area contributed by atoms with E-state index in [-0.39, 0.29) is 10.8 Å². The molecule has 8 heteroatoms. The van der Waals surface area contributed by atoms with Crippen molar-refractivity contribution in [3.63, 3.8) is 0 Å². The van der Waals surface area contributed by atoms with Crippen LogP contribution in [-0.2, 0) is 9.53 Å². The monoisotopic (exact) mass is 303 g/mol. The van der Waals surface area contributed by atoms with Crippen molar-refractivity contribution in [3.05, 3.63) is 0 Å². The normalized spacial score (nSPS) is 14.8. The molecule has 106 valence electrons. The molecule has 1 N–H and O–H groups in total. The van der Waals surface area contributed by atoms with E-state index < -0.39 is 23.4 Å². The molecule has 0 rings (SSSR count). The maximum Gasteiger partial charge on any atom is 0.408 e. The van der Waals surface area contributed by atoms with Crippen LogP contribution in [0.15, 0.2) is 0 Å². The fraction of sp³-hybridized carbons (Fsp3) is 0.800. The molecule has 0 spiro atoms. The number of ether oxygens (including phenoxy) is 1. The van der Waals surface area contributed by atoms with Gasteiger partial charge in [0.2, 0.25) is 10.3 Å². The van der Waals surface area contributed by atoms with Crippen LogP contribution in [-0.4, -0.2) is 34.4 Å². The molecule has 0 aliphatic rings. The number of carbonyl (C=O) groups excluding carboxylic acids is 1. The van der Waals surface area contributed by atoms with Crippen molar-refractivity contribution in [2.45, 2.75) is 44.7 Å². The number of hydrogen-bond donors (Lipinski definition) is 1. The third kappa shape index (κ3) is 7.75. The molecule has 0 saturated carbocycles. The molecule has 0 heterocycles. The first-order valence-electron chi connectivity index (χ1n) is 5.34. The Labute approximate surface area is 114 Å². The van der Waals surface area contributed by atoms with Crippen molar-refractivity contribution in [1.29, 1.82) is 0 Å². The van der Waals surface area contributed by atoms with E-state index in [9.17, 15) is 18.0 Å². The molecule has 0 aromatic heterocycles. The van der Waals surface area contributed by atoms with Gasteiger partial charge in [-0.15, -0.1) is 0 Å². The molecule has 3 nitrogen and oxygen atoms in total. The third-order valence-electron chi connectivity index (χ3n) is 1.90. The van der Waals surface area contributed by atoms with Crippen LogP contribution < -0.4 is 5.32 Å². The number of alkyl halides is 3. The standard InChI is InChI=1S/C10H16F3NO2S2/c1-4-16-9(17)18-6(2)5-8(10(11,12)13)14-7(3)15/h6,8H,4-5H2,1-3H3,(H,14,15). The average molecular weight is 303 g/mol. The zero-order valence-electron chi connectivity index (χ0n) is 10.3. The van der Waals surface area contributed by atoms with Crippen LogP contribution in [0.1, 0.15) is 27.2 Å². The second kappa shape index (κ2) is 7.83. The van der Waals surface area contributed by atoms with Gasteiger partial charge in [-0.1, -0.05) is 18.7 Å². The molecule has 0 fully saturated rings. The molecular weight excluding hydrogens is 287 g/mol. The highest BCUT2D eigenvalue weighted by molar-refractivity contribution is 8.23. The summed E-state index contributed by atoms with van der Waals surface area (Å²) in [6.07, 6.45) is -4.71. The van der Waals surface area contributed by atoms with Gasteiger partial charge in [0.05, 0.1) is 6.61 Å². The Morgan fingerprint density at radius 1 is 1.50 bits per heavy atom. The molecule has 0 bridgehead atoms. The number of thioether (sulfide) groups is 1. The minimum atomic E-state index is -4.46. The van der Waals surface area contributed by atoms with Crippen molar-refractivity contribution in [2.75, 3.05) is 6.61 Å². The van der Waals surface area contributed by atoms with E-state index >= 15 is 0 Å². The van der Waals surface area contributed by atoms with Crippen LogP contribution in [0, 0.1) is 0 Å². The van der Waals surface area contributed by atoms with E-state index in [1.54, 1.807) is 13.8 Å². The van der Waals surface area contributed by atoms with Crippen LogP contribution in [0.3, 0.4) is 0 Å². The molecule has 0 aromatic carbocycles. The molecule has 0 aliphatic heterocycles. The first-order chi connectivity index (χ1) is 8.16. The molecule has 1 amide bonds. The quantitative estimate of drug-likeness (QED) is 0.793. The van der Waals surface area contributed by atoms with Crippen LogP contribution in [0.4, 0.5) is 13.2 Å². The van der Waals surface area contributed by atoms with Crippen molar-refractivity contribution in [1.82, 2.24) is 5.32 Å². The van der Waals surface area contributed by atoms with E-state index in [2.05, 4.69) is 0 Å². The summed E-state index contributed by atoms with van der Waals surface area (Å²) in [4.78, 5) is 10.7. The van der Waals surface area contributed by atoms with Crippen LogP contribution in [0.5, 0.6) is 0 Å².